The van der Waals surface area contributed by atoms with Crippen LogP contribution in [0.4, 0.5) is 11.4 Å². The number of anilines is 2. The zero-order valence-electron chi connectivity index (χ0n) is 19.5. The van der Waals surface area contributed by atoms with Crippen molar-refractivity contribution in [1.82, 2.24) is 0 Å². The molecule has 0 aliphatic carbocycles. The van der Waals surface area contributed by atoms with Gasteiger partial charge in [-0.1, -0.05) is 59.6 Å². The number of ether oxygens (including phenoxy) is 1. The molecule has 0 saturated carbocycles. The average molecular weight is 497 g/mol. The number of halogens is 1. The van der Waals surface area contributed by atoms with Crippen LogP contribution in [0.3, 0.4) is 0 Å². The minimum atomic E-state index is -0.591. The van der Waals surface area contributed by atoms with Crippen LogP contribution in [0, 0.1) is 13.8 Å². The summed E-state index contributed by atoms with van der Waals surface area (Å²) in [6, 6.07) is 25.1. The van der Waals surface area contributed by atoms with E-state index in [0.717, 1.165) is 26.8 Å². The Balaban J connectivity index is 1.30. The molecule has 0 spiro atoms. The highest BCUT2D eigenvalue weighted by atomic mass is 35.5. The Labute approximate surface area is 212 Å². The third-order valence-corrected chi connectivity index (χ3v) is 6.29. The third kappa shape index (κ3) is 4.34. The molecule has 4 aromatic carbocycles. The molecular weight excluding hydrogens is 476 g/mol. The van der Waals surface area contributed by atoms with Crippen LogP contribution in [0.15, 0.2) is 95.7 Å². The van der Waals surface area contributed by atoms with Crippen molar-refractivity contribution in [3.8, 4) is 5.75 Å². The van der Waals surface area contributed by atoms with Crippen LogP contribution in [-0.4, -0.2) is 17.8 Å². The molecule has 0 radical (unpaired) electrons. The molecule has 0 unspecified atom stereocenters. The average Bonchev–Trinajstić information content (AvgIpc) is 3.07. The maximum Gasteiger partial charge on any atom is 0.343 e. The molecule has 36 heavy (non-hydrogen) atoms. The van der Waals surface area contributed by atoms with Crippen molar-refractivity contribution < 1.29 is 19.1 Å². The van der Waals surface area contributed by atoms with E-state index in [1.54, 1.807) is 36.4 Å². The second-order valence-corrected chi connectivity index (χ2v) is 8.90. The van der Waals surface area contributed by atoms with Gasteiger partial charge in [-0.25, -0.2) is 9.69 Å². The van der Waals surface area contributed by atoms with Crippen molar-refractivity contribution in [2.75, 3.05) is 10.2 Å². The molecule has 0 fully saturated rings. The second kappa shape index (κ2) is 9.32. The Morgan fingerprint density at radius 2 is 1.56 bits per heavy atom. The molecule has 0 atom stereocenters. The molecule has 1 N–H and O–H groups in total. The van der Waals surface area contributed by atoms with Crippen molar-refractivity contribution in [2.45, 2.75) is 13.8 Å². The van der Waals surface area contributed by atoms with Crippen LogP contribution in [-0.2, 0) is 9.59 Å². The van der Waals surface area contributed by atoms with E-state index in [0.29, 0.717) is 22.7 Å². The van der Waals surface area contributed by atoms with Gasteiger partial charge in [-0.3, -0.25) is 9.59 Å². The number of carbonyl (C=O) groups is 3. The van der Waals surface area contributed by atoms with E-state index in [9.17, 15) is 14.4 Å². The number of fused-ring (bicyclic) bond motifs is 1. The van der Waals surface area contributed by atoms with Gasteiger partial charge in [0.2, 0.25) is 0 Å². The van der Waals surface area contributed by atoms with Gasteiger partial charge in [0, 0.05) is 5.69 Å². The maximum atomic E-state index is 13.1. The molecule has 0 saturated heterocycles. The largest absolute Gasteiger partial charge is 0.423 e. The molecule has 2 amide bonds. The number of nitrogens with zero attached hydrogens (tertiary/aromatic N) is 1. The molecule has 7 heteroatoms. The van der Waals surface area contributed by atoms with E-state index >= 15 is 0 Å². The summed E-state index contributed by atoms with van der Waals surface area (Å²) in [6.45, 7) is 3.77. The van der Waals surface area contributed by atoms with Gasteiger partial charge in [0.25, 0.3) is 11.8 Å². The van der Waals surface area contributed by atoms with Crippen molar-refractivity contribution in [3.63, 3.8) is 0 Å². The lowest BCUT2D eigenvalue weighted by Crippen LogP contribution is -2.32. The lowest BCUT2D eigenvalue weighted by Gasteiger charge is -2.18. The molecular formula is C29H21ClN2O4. The van der Waals surface area contributed by atoms with Crippen LogP contribution in [0.2, 0.25) is 0 Å². The first-order valence-corrected chi connectivity index (χ1v) is 11.6. The predicted octanol–water partition coefficient (Wildman–Crippen LogP) is 6.11. The Bertz CT molecular complexity index is 1570. The Morgan fingerprint density at radius 3 is 2.28 bits per heavy atom. The van der Waals surface area contributed by atoms with Crippen molar-refractivity contribution in [1.29, 1.82) is 0 Å². The highest BCUT2D eigenvalue weighted by Crippen LogP contribution is 2.32. The summed E-state index contributed by atoms with van der Waals surface area (Å²) in [7, 11) is 0. The monoisotopic (exact) mass is 496 g/mol. The van der Waals surface area contributed by atoms with E-state index in [2.05, 4.69) is 5.32 Å². The normalized spacial score (nSPS) is 13.5. The predicted molar refractivity (Wildman–Crippen MR) is 140 cm³/mol. The smallest absolute Gasteiger partial charge is 0.343 e. The van der Waals surface area contributed by atoms with E-state index in [4.69, 9.17) is 16.3 Å². The van der Waals surface area contributed by atoms with Gasteiger partial charge in [-0.15, -0.1) is 0 Å². The van der Waals surface area contributed by atoms with Gasteiger partial charge in [0.1, 0.15) is 16.5 Å². The van der Waals surface area contributed by atoms with Gasteiger partial charge in [-0.05, 0) is 72.6 Å². The Morgan fingerprint density at radius 1 is 0.833 bits per heavy atom. The number of benzene rings is 4. The summed E-state index contributed by atoms with van der Waals surface area (Å²) in [5.41, 5.74) is 3.10. The van der Waals surface area contributed by atoms with E-state index in [1.165, 1.54) is 0 Å². The van der Waals surface area contributed by atoms with Crippen LogP contribution in [0.1, 0.15) is 21.5 Å². The fourth-order valence-electron chi connectivity index (χ4n) is 4.12. The molecule has 1 heterocycles. The van der Waals surface area contributed by atoms with Crippen molar-refractivity contribution in [2.24, 2.45) is 0 Å². The molecule has 5 rings (SSSR count). The molecule has 1 aliphatic heterocycles. The number of carbonyl (C=O) groups excluding carboxylic acids is 3. The first-order valence-electron chi connectivity index (χ1n) is 11.3. The quantitative estimate of drug-likeness (QED) is 0.205. The van der Waals surface area contributed by atoms with Gasteiger partial charge in [0.05, 0.1) is 11.3 Å². The number of esters is 1. The van der Waals surface area contributed by atoms with Crippen LogP contribution >= 0.6 is 11.6 Å². The highest BCUT2D eigenvalue weighted by Gasteiger charge is 2.39. The topological polar surface area (TPSA) is 75.7 Å². The minimum absolute atomic E-state index is 0.0202. The van der Waals surface area contributed by atoms with Gasteiger partial charge in [0.15, 0.2) is 0 Å². The van der Waals surface area contributed by atoms with Crippen LogP contribution in [0.5, 0.6) is 5.75 Å². The van der Waals surface area contributed by atoms with Gasteiger partial charge in [-0.2, -0.15) is 0 Å². The van der Waals surface area contributed by atoms with E-state index in [-0.39, 0.29) is 10.7 Å². The summed E-state index contributed by atoms with van der Waals surface area (Å²) in [6.07, 6.45) is 0. The zero-order valence-corrected chi connectivity index (χ0v) is 20.3. The Kier molecular flexibility index (Phi) is 6.04. The van der Waals surface area contributed by atoms with Crippen molar-refractivity contribution in [3.05, 3.63) is 112 Å². The number of nitrogens with one attached hydrogen (secondary N) is 1. The fraction of sp³-hybridized carbons (Fsp3) is 0.0690. The first kappa shape index (κ1) is 23.3. The number of imide groups is 1. The lowest BCUT2D eigenvalue weighted by molar-refractivity contribution is -0.120. The van der Waals surface area contributed by atoms with Crippen LogP contribution < -0.4 is 15.0 Å². The number of hydrogen-bond acceptors (Lipinski definition) is 5. The Hall–Kier alpha value is -4.42. The van der Waals surface area contributed by atoms with E-state index < -0.39 is 17.8 Å². The summed E-state index contributed by atoms with van der Waals surface area (Å²) < 4.78 is 5.52. The summed E-state index contributed by atoms with van der Waals surface area (Å²) in [5.74, 6) is -1.20. The molecule has 178 valence electrons. The fourth-order valence-corrected chi connectivity index (χ4v) is 4.33. The van der Waals surface area contributed by atoms with Crippen LogP contribution in [0.25, 0.3) is 10.8 Å². The first-order chi connectivity index (χ1) is 17.3. The maximum absolute atomic E-state index is 13.1. The molecule has 1 aliphatic rings. The number of aryl methyl sites for hydroxylation is 2. The molecule has 0 bridgehead atoms. The zero-order chi connectivity index (χ0) is 25.4. The minimum Gasteiger partial charge on any atom is -0.423 e. The molecule has 6 nitrogen and oxygen atoms in total. The summed E-state index contributed by atoms with van der Waals surface area (Å²) >= 11 is 6.25. The molecule has 0 aromatic heterocycles. The number of hydrogen-bond donors (Lipinski definition) is 1. The second-order valence-electron chi connectivity index (χ2n) is 8.53. The lowest BCUT2D eigenvalue weighted by atomic mass is 10.1. The van der Waals surface area contributed by atoms with Gasteiger partial charge < -0.3 is 10.1 Å². The molecule has 4 aromatic rings. The van der Waals surface area contributed by atoms with Gasteiger partial charge >= 0.3 is 5.97 Å². The highest BCUT2D eigenvalue weighted by molar-refractivity contribution is 6.53. The number of amides is 2. The SMILES string of the molecule is Cc1ccc(N2C(=O)C(Cl)=C(Nc3ccc(C(=O)Oc4ccc5ccccc5c4)cc3)C2=O)c(C)c1. The van der Waals surface area contributed by atoms with E-state index in [1.807, 2.05) is 62.4 Å². The van der Waals surface area contributed by atoms with Crippen molar-refractivity contribution >= 4 is 51.5 Å². The summed E-state index contributed by atoms with van der Waals surface area (Å²) in [4.78, 5) is 39.5. The third-order valence-electron chi connectivity index (χ3n) is 5.94. The number of rotatable bonds is 5. The summed E-state index contributed by atoms with van der Waals surface area (Å²) in [5, 5.41) is 4.75. The standard InChI is InChI=1S/C29H21ClN2O4/c1-17-7-14-24(18(2)15-17)32-27(33)25(30)26(28(32)34)31-22-11-8-20(9-12-22)29(35)36-23-13-10-19-5-3-4-6-21(19)16-23/h3-16,31H,1-2H3.